The predicted molar refractivity (Wildman–Crippen MR) is 176 cm³/mol. The van der Waals surface area contributed by atoms with E-state index in [1.54, 1.807) is 18.3 Å². The maximum Gasteiger partial charge on any atom is 0.407 e. The second-order valence-electron chi connectivity index (χ2n) is 11.3. The van der Waals surface area contributed by atoms with E-state index in [1.807, 2.05) is 60.7 Å². The van der Waals surface area contributed by atoms with Crippen molar-refractivity contribution in [2.24, 2.45) is 0 Å². The molecule has 47 heavy (non-hydrogen) atoms. The largest absolute Gasteiger partial charge is 0.491 e. The Hall–Kier alpha value is -4.72. The summed E-state index contributed by atoms with van der Waals surface area (Å²) in [6.07, 6.45) is 3.07. The first-order valence-electron chi connectivity index (χ1n) is 15.3. The van der Waals surface area contributed by atoms with Gasteiger partial charge in [0.05, 0.1) is 18.1 Å². The molecule has 4 N–H and O–H groups in total. The first-order valence-corrected chi connectivity index (χ1v) is 17.2. The number of aryl methyl sites for hydroxylation is 1. The van der Waals surface area contributed by atoms with E-state index < -0.39 is 33.8 Å². The zero-order valence-electron chi connectivity index (χ0n) is 26.2. The Labute approximate surface area is 274 Å². The smallest absolute Gasteiger partial charge is 0.407 e. The number of nitrogens with one attached hydrogen (secondary N) is 4. The molecule has 2 amide bonds. The van der Waals surface area contributed by atoms with E-state index in [4.69, 9.17) is 14.2 Å². The van der Waals surface area contributed by atoms with E-state index in [0.29, 0.717) is 44.1 Å². The van der Waals surface area contributed by atoms with Gasteiger partial charge in [-0.2, -0.15) is 5.10 Å². The van der Waals surface area contributed by atoms with Gasteiger partial charge in [0.1, 0.15) is 24.5 Å². The average Bonchev–Trinajstić information content (AvgIpc) is 3.53. The second kappa shape index (κ2) is 15.7. The molecule has 0 bridgehead atoms. The third-order valence-electron chi connectivity index (χ3n) is 7.91. The van der Waals surface area contributed by atoms with Gasteiger partial charge in [0.2, 0.25) is 5.91 Å². The van der Waals surface area contributed by atoms with Crippen molar-refractivity contribution in [3.05, 3.63) is 108 Å². The molecule has 1 saturated heterocycles. The molecule has 12 nitrogen and oxygen atoms in total. The zero-order chi connectivity index (χ0) is 33.2. The lowest BCUT2D eigenvalue weighted by Crippen LogP contribution is -2.48. The fourth-order valence-corrected chi connectivity index (χ4v) is 6.15. The van der Waals surface area contributed by atoms with Crippen molar-refractivity contribution in [3.8, 4) is 5.75 Å². The number of amides is 2. The second-order valence-corrected chi connectivity index (χ2v) is 13.3. The number of benzene rings is 3. The lowest BCUT2D eigenvalue weighted by Gasteiger charge is -2.31. The molecule has 3 aromatic carbocycles. The van der Waals surface area contributed by atoms with Crippen LogP contribution in [-0.4, -0.2) is 81.9 Å². The average molecular weight is 662 g/mol. The molecule has 1 aliphatic heterocycles. The Morgan fingerprint density at radius 1 is 0.957 bits per heavy atom. The molecule has 0 aliphatic carbocycles. The van der Waals surface area contributed by atoms with Gasteiger partial charge in [-0.05, 0) is 48.2 Å². The van der Waals surface area contributed by atoms with Crippen LogP contribution in [-0.2, 0) is 30.5 Å². The summed E-state index contributed by atoms with van der Waals surface area (Å²) in [7, 11) is -2.02. The number of nitrogens with zero attached hydrogens (tertiary/aromatic N) is 1. The highest BCUT2D eigenvalue weighted by Crippen LogP contribution is 2.29. The number of aromatic nitrogens is 2. The number of rotatable bonds is 13. The van der Waals surface area contributed by atoms with Crippen molar-refractivity contribution >= 4 is 27.7 Å². The van der Waals surface area contributed by atoms with Gasteiger partial charge in [0.15, 0.2) is 15.7 Å². The van der Waals surface area contributed by atoms with Gasteiger partial charge in [-0.25, -0.2) is 13.2 Å². The highest BCUT2D eigenvalue weighted by Gasteiger charge is 2.34. The summed E-state index contributed by atoms with van der Waals surface area (Å²) in [6, 6.07) is 24.3. The maximum atomic E-state index is 13.9. The topological polar surface area (TPSA) is 161 Å². The van der Waals surface area contributed by atoms with E-state index >= 15 is 0 Å². The van der Waals surface area contributed by atoms with Gasteiger partial charge in [-0.1, -0.05) is 60.7 Å². The fourth-order valence-electron chi connectivity index (χ4n) is 5.52. The Morgan fingerprint density at radius 2 is 1.60 bits per heavy atom. The Bertz CT molecular complexity index is 1680. The van der Waals surface area contributed by atoms with Crippen LogP contribution in [0.3, 0.4) is 0 Å². The Balaban J connectivity index is 1.22. The number of hydrogen-bond donors (Lipinski definition) is 4. The summed E-state index contributed by atoms with van der Waals surface area (Å²) >= 11 is 0. The Kier molecular flexibility index (Phi) is 11.2. The molecule has 13 heteroatoms. The number of carbonyl (C=O) groups excluding carboxylic acids is 2. The number of ether oxygens (including phenoxy) is 3. The van der Waals surface area contributed by atoms with E-state index in [-0.39, 0.29) is 17.1 Å². The van der Waals surface area contributed by atoms with Crippen molar-refractivity contribution in [2.45, 2.75) is 41.9 Å². The molecule has 248 valence electrons. The van der Waals surface area contributed by atoms with Gasteiger partial charge >= 0.3 is 6.09 Å². The number of methoxy groups -OCH3 is 1. The molecule has 1 aromatic heterocycles. The zero-order valence-corrected chi connectivity index (χ0v) is 27.0. The number of aromatic amines is 1. The summed E-state index contributed by atoms with van der Waals surface area (Å²) in [6.45, 7) is 1.57. The van der Waals surface area contributed by atoms with E-state index in [0.717, 1.165) is 22.9 Å². The molecule has 0 saturated carbocycles. The van der Waals surface area contributed by atoms with Crippen LogP contribution in [0.5, 0.6) is 5.75 Å². The number of anilines is 1. The van der Waals surface area contributed by atoms with E-state index in [1.165, 1.54) is 19.2 Å². The number of morpholine rings is 1. The molecule has 1 fully saturated rings. The molecular weight excluding hydrogens is 622 g/mol. The normalized spacial score (nSPS) is 17.1. The summed E-state index contributed by atoms with van der Waals surface area (Å²) in [5, 5.41) is 16.2. The SMILES string of the molecule is COC(=O)N[C@H](C(=O)Nc1n[nH]cc1CC[C@@H]1CNC[C@@H](COc2ccc(S(C)(=O)=O)cc2)O1)C(c1ccccc1)c1ccccc1. The number of alkyl carbamates (subject to hydrolysis) is 1. The predicted octanol–water partition coefficient (Wildman–Crippen LogP) is 3.68. The number of H-pyrrole nitrogens is 1. The summed E-state index contributed by atoms with van der Waals surface area (Å²) in [5.41, 5.74) is 2.49. The van der Waals surface area contributed by atoms with Crippen molar-refractivity contribution in [1.29, 1.82) is 0 Å². The van der Waals surface area contributed by atoms with Crippen LogP contribution >= 0.6 is 0 Å². The van der Waals surface area contributed by atoms with Crippen molar-refractivity contribution in [2.75, 3.05) is 38.4 Å². The highest BCUT2D eigenvalue weighted by atomic mass is 32.2. The van der Waals surface area contributed by atoms with Crippen LogP contribution in [0.1, 0.15) is 29.0 Å². The van der Waals surface area contributed by atoms with Gasteiger partial charge in [-0.15, -0.1) is 0 Å². The Morgan fingerprint density at radius 3 is 2.21 bits per heavy atom. The molecule has 3 atom stereocenters. The summed E-state index contributed by atoms with van der Waals surface area (Å²) < 4.78 is 40.4. The molecule has 5 rings (SSSR count). The molecule has 1 aliphatic rings. The highest BCUT2D eigenvalue weighted by molar-refractivity contribution is 7.90. The van der Waals surface area contributed by atoms with E-state index in [2.05, 4.69) is 26.1 Å². The minimum absolute atomic E-state index is 0.113. The van der Waals surface area contributed by atoms with Crippen molar-refractivity contribution in [3.63, 3.8) is 0 Å². The number of hydrogen-bond acceptors (Lipinski definition) is 9. The van der Waals surface area contributed by atoms with Crippen molar-refractivity contribution < 1.29 is 32.2 Å². The third-order valence-corrected chi connectivity index (χ3v) is 9.03. The van der Waals surface area contributed by atoms with Crippen LogP contribution < -0.4 is 20.7 Å². The third kappa shape index (κ3) is 9.18. The van der Waals surface area contributed by atoms with E-state index in [9.17, 15) is 18.0 Å². The summed E-state index contributed by atoms with van der Waals surface area (Å²) in [4.78, 5) is 26.6. The quantitative estimate of drug-likeness (QED) is 0.168. The molecule has 0 unspecified atom stereocenters. The molecule has 4 aromatic rings. The number of sulfone groups is 1. The molecule has 2 heterocycles. The maximum absolute atomic E-state index is 13.9. The minimum atomic E-state index is -3.28. The van der Waals surface area contributed by atoms with Gasteiger partial charge < -0.3 is 30.2 Å². The monoisotopic (exact) mass is 661 g/mol. The standard InChI is InChI=1S/C34H39N5O7S/c1-44-34(41)37-31(30(23-9-5-3-6-10-23)24-11-7-4-8-12-24)33(40)38-32-25(19-36-39-32)13-14-27-20-35-21-28(46-27)22-45-26-15-17-29(18-16-26)47(2,42)43/h3-12,15-19,27-28,30-31,35H,13-14,20-22H2,1-2H3,(H,37,41)(H2,36,38,39,40)/t27-,28+,31+/m1/s1. The fraction of sp³-hybridized carbons (Fsp3) is 0.324. The lowest BCUT2D eigenvalue weighted by atomic mass is 9.84. The lowest BCUT2D eigenvalue weighted by molar-refractivity contribution is -0.118. The summed E-state index contributed by atoms with van der Waals surface area (Å²) in [5.74, 6) is -0.0207. The van der Waals surface area contributed by atoms with Crippen molar-refractivity contribution in [1.82, 2.24) is 20.8 Å². The van der Waals surface area contributed by atoms with Crippen LogP contribution in [0.2, 0.25) is 0 Å². The van der Waals surface area contributed by atoms with Crippen LogP contribution in [0.25, 0.3) is 0 Å². The molecule has 0 spiro atoms. The number of carbonyl (C=O) groups is 2. The molecular formula is C34H39N5O7S. The first-order chi connectivity index (χ1) is 22.7. The van der Waals surface area contributed by atoms with Gasteiger partial charge in [0.25, 0.3) is 0 Å². The first kappa shape index (κ1) is 33.6. The van der Waals surface area contributed by atoms with Crippen LogP contribution in [0.15, 0.2) is 96.0 Å². The van der Waals surface area contributed by atoms with Crippen LogP contribution in [0.4, 0.5) is 10.6 Å². The van der Waals surface area contributed by atoms with Gasteiger partial charge in [-0.3, -0.25) is 9.89 Å². The van der Waals surface area contributed by atoms with Crippen LogP contribution in [0, 0.1) is 0 Å². The van der Waals surface area contributed by atoms with Gasteiger partial charge in [0, 0.05) is 37.0 Å². The molecule has 0 radical (unpaired) electrons. The minimum Gasteiger partial charge on any atom is -0.491 e.